The number of hydrogen-bond acceptors (Lipinski definition) is 6. The number of carbonyl (C=O) groups is 3. The number of halogens is 2. The maximum absolute atomic E-state index is 14.1. The van der Waals surface area contributed by atoms with Gasteiger partial charge in [-0.2, -0.15) is 0 Å². The molecule has 11 nitrogen and oxygen atoms in total. The predicted molar refractivity (Wildman–Crippen MR) is 123 cm³/mol. The lowest BCUT2D eigenvalue weighted by atomic mass is 10.0. The topological polar surface area (TPSA) is 141 Å². The van der Waals surface area contributed by atoms with Crippen LogP contribution in [0.2, 0.25) is 5.02 Å². The molecule has 0 radical (unpaired) electrons. The monoisotopic (exact) mass is 499 g/mol. The number of hydrogen-bond donors (Lipinski definition) is 4. The Bertz CT molecular complexity index is 1380. The number of nitrogens with one attached hydrogen (secondary N) is 3. The zero-order valence-corrected chi connectivity index (χ0v) is 19.0. The van der Waals surface area contributed by atoms with Gasteiger partial charge in [-0.05, 0) is 30.3 Å². The van der Waals surface area contributed by atoms with Crippen molar-refractivity contribution in [1.29, 1.82) is 0 Å². The first-order valence-corrected chi connectivity index (χ1v) is 10.9. The van der Waals surface area contributed by atoms with Crippen LogP contribution in [-0.2, 0) is 11.3 Å². The molecule has 0 spiro atoms. The van der Waals surface area contributed by atoms with E-state index >= 15 is 0 Å². The molecule has 13 heteroatoms. The molecule has 2 aromatic heterocycles. The minimum Gasteiger partial charge on any atom is -0.385 e. The molecule has 2 aliphatic heterocycles. The summed E-state index contributed by atoms with van der Waals surface area (Å²) in [6.45, 7) is -0.286. The molecule has 0 aliphatic carbocycles. The van der Waals surface area contributed by atoms with E-state index < -0.39 is 35.8 Å². The third-order valence-corrected chi connectivity index (χ3v) is 6.18. The summed E-state index contributed by atoms with van der Waals surface area (Å²) in [6.07, 6.45) is 0.549. The first-order valence-electron chi connectivity index (χ1n) is 10.6. The molecule has 35 heavy (non-hydrogen) atoms. The van der Waals surface area contributed by atoms with Crippen molar-refractivity contribution in [2.24, 2.45) is 0 Å². The lowest BCUT2D eigenvalue weighted by Crippen LogP contribution is -2.41. The number of anilines is 2. The quantitative estimate of drug-likeness (QED) is 0.432. The number of aliphatic hydroxyl groups excluding tert-OH is 1. The van der Waals surface area contributed by atoms with Crippen LogP contribution in [0.3, 0.4) is 0 Å². The number of β-amino-alcohol motifs (C(OH)–C–C–N with tert-alkyl or cyclic N) is 1. The predicted octanol–water partition coefficient (Wildman–Crippen LogP) is 1.73. The minimum absolute atomic E-state index is 0.0224. The van der Waals surface area contributed by atoms with Crippen molar-refractivity contribution >= 4 is 41.0 Å². The van der Waals surface area contributed by atoms with Crippen LogP contribution in [-0.4, -0.2) is 51.1 Å². The summed E-state index contributed by atoms with van der Waals surface area (Å²) in [5.74, 6) is -1.76. The highest BCUT2D eigenvalue weighted by atomic mass is 35.5. The first-order chi connectivity index (χ1) is 16.8. The van der Waals surface area contributed by atoms with Gasteiger partial charge in [0.05, 0.1) is 29.7 Å². The lowest BCUT2D eigenvalue weighted by molar-refractivity contribution is -0.123. The number of aliphatic hydroxyl groups is 1. The van der Waals surface area contributed by atoms with Gasteiger partial charge in [0, 0.05) is 23.8 Å². The van der Waals surface area contributed by atoms with Gasteiger partial charge in [-0.15, -0.1) is 0 Å². The van der Waals surface area contributed by atoms with Gasteiger partial charge in [-0.25, -0.2) is 14.2 Å². The molecule has 5 rings (SSSR count). The van der Waals surface area contributed by atoms with Gasteiger partial charge >= 0.3 is 6.03 Å². The van der Waals surface area contributed by atoms with E-state index in [2.05, 4.69) is 25.9 Å². The second kappa shape index (κ2) is 8.64. The summed E-state index contributed by atoms with van der Waals surface area (Å²) in [4.78, 5) is 48.0. The van der Waals surface area contributed by atoms with E-state index in [0.717, 1.165) is 0 Å². The van der Waals surface area contributed by atoms with Crippen molar-refractivity contribution in [3.63, 3.8) is 0 Å². The van der Waals surface area contributed by atoms with Gasteiger partial charge in [-0.3, -0.25) is 24.8 Å². The Morgan fingerprint density at radius 1 is 1.31 bits per heavy atom. The van der Waals surface area contributed by atoms with Gasteiger partial charge < -0.3 is 20.3 Å². The highest BCUT2D eigenvalue weighted by molar-refractivity contribution is 6.31. The smallest absolute Gasteiger partial charge is 0.327 e. The van der Waals surface area contributed by atoms with E-state index in [0.29, 0.717) is 11.4 Å². The number of rotatable bonds is 3. The summed E-state index contributed by atoms with van der Waals surface area (Å²) < 4.78 is 15.4. The Morgan fingerprint density at radius 3 is 2.89 bits per heavy atom. The molecule has 4 heterocycles. The fourth-order valence-electron chi connectivity index (χ4n) is 4.29. The highest BCUT2D eigenvalue weighted by Crippen LogP contribution is 2.37. The summed E-state index contributed by atoms with van der Waals surface area (Å²) in [5, 5.41) is 18.3. The molecule has 3 aromatic rings. The van der Waals surface area contributed by atoms with Gasteiger partial charge in [0.25, 0.3) is 5.91 Å². The molecule has 0 saturated heterocycles. The van der Waals surface area contributed by atoms with Crippen LogP contribution in [0.5, 0.6) is 0 Å². The molecule has 2 aliphatic rings. The van der Waals surface area contributed by atoms with E-state index in [1.165, 1.54) is 40.9 Å². The molecule has 2 atom stereocenters. The summed E-state index contributed by atoms with van der Waals surface area (Å²) >= 11 is 6.32. The number of benzene rings is 1. The van der Waals surface area contributed by atoms with Crippen LogP contribution >= 0.6 is 11.6 Å². The Hall–Kier alpha value is -4.03. The number of nitrogens with zero attached hydrogens (tertiary/aromatic N) is 4. The third-order valence-electron chi connectivity index (χ3n) is 5.84. The van der Waals surface area contributed by atoms with E-state index in [-0.39, 0.29) is 41.0 Å². The van der Waals surface area contributed by atoms with Crippen molar-refractivity contribution in [1.82, 2.24) is 25.2 Å². The molecule has 2 unspecified atom stereocenters. The fourth-order valence-corrected chi connectivity index (χ4v) is 4.51. The number of amides is 4. The molecule has 0 fully saturated rings. The molecule has 4 amide bonds. The second-order valence-corrected chi connectivity index (χ2v) is 8.37. The fraction of sp³-hybridized carbons (Fsp3) is 0.227. The number of pyridine rings is 1. The standard InChI is InChI=1S/C22H19ClFN7O4/c1-25-21(34)20-28-19(29-22(35)30-8-14(32)17-13(30)3-2-6-26-17)18-16(27-15(33)9-31(18)20)11-7-10(24)4-5-12(11)23/h2-7,14,16,32H,8-9H2,1H3,(H,25,34)(H,27,33)(H,29,35). The van der Waals surface area contributed by atoms with E-state index in [9.17, 15) is 23.9 Å². The van der Waals surface area contributed by atoms with Crippen molar-refractivity contribution in [2.45, 2.75) is 18.7 Å². The van der Waals surface area contributed by atoms with Crippen molar-refractivity contribution in [3.8, 4) is 0 Å². The molecule has 0 bridgehead atoms. The molecule has 4 N–H and O–H groups in total. The average molecular weight is 500 g/mol. The maximum atomic E-state index is 14.1. The number of imidazole rings is 1. The van der Waals surface area contributed by atoms with Gasteiger partial charge in [-0.1, -0.05) is 11.6 Å². The van der Waals surface area contributed by atoms with Crippen LogP contribution in [0.25, 0.3) is 0 Å². The van der Waals surface area contributed by atoms with Crippen LogP contribution in [0.4, 0.5) is 20.7 Å². The van der Waals surface area contributed by atoms with Crippen molar-refractivity contribution < 1.29 is 23.9 Å². The maximum Gasteiger partial charge on any atom is 0.327 e. The van der Waals surface area contributed by atoms with Crippen LogP contribution in [0.15, 0.2) is 36.5 Å². The normalized spacial score (nSPS) is 18.5. The van der Waals surface area contributed by atoms with Crippen LogP contribution < -0.4 is 20.9 Å². The molecular weight excluding hydrogens is 481 g/mol. The van der Waals surface area contributed by atoms with Gasteiger partial charge in [0.15, 0.2) is 5.82 Å². The van der Waals surface area contributed by atoms with Crippen LogP contribution in [0.1, 0.15) is 39.7 Å². The van der Waals surface area contributed by atoms with Crippen molar-refractivity contribution in [3.05, 3.63) is 70.1 Å². The summed E-state index contributed by atoms with van der Waals surface area (Å²) in [5.41, 5.74) is 1.26. The Kier molecular flexibility index (Phi) is 5.61. The molecule has 0 saturated carbocycles. The van der Waals surface area contributed by atoms with Gasteiger partial charge in [0.1, 0.15) is 18.5 Å². The minimum atomic E-state index is -1.00. The van der Waals surface area contributed by atoms with E-state index in [1.807, 2.05) is 0 Å². The number of fused-ring (bicyclic) bond motifs is 2. The third kappa shape index (κ3) is 3.86. The Morgan fingerprint density at radius 2 is 2.11 bits per heavy atom. The summed E-state index contributed by atoms with van der Waals surface area (Å²) in [6, 6.07) is 5.33. The average Bonchev–Trinajstić information content (AvgIpc) is 3.37. The second-order valence-electron chi connectivity index (χ2n) is 7.97. The zero-order valence-electron chi connectivity index (χ0n) is 18.2. The SMILES string of the molecule is CNC(=O)c1nc(NC(=O)N2CC(O)c3ncccc32)c2n1CC(=O)NC2c1cc(F)ccc1Cl. The molecule has 180 valence electrons. The van der Waals surface area contributed by atoms with E-state index in [4.69, 9.17) is 11.6 Å². The number of urea groups is 1. The first kappa shape index (κ1) is 22.7. The van der Waals surface area contributed by atoms with Crippen molar-refractivity contribution in [2.75, 3.05) is 23.8 Å². The Labute approximate surface area is 202 Å². The molecular formula is C22H19ClFN7O4. The summed E-state index contributed by atoms with van der Waals surface area (Å²) in [7, 11) is 1.40. The largest absolute Gasteiger partial charge is 0.385 e. The highest BCUT2D eigenvalue weighted by Gasteiger charge is 2.38. The number of carbonyl (C=O) groups excluding carboxylic acids is 3. The van der Waals surface area contributed by atoms with Gasteiger partial charge in [0.2, 0.25) is 11.7 Å². The Balaban J connectivity index is 1.60. The van der Waals surface area contributed by atoms with E-state index in [1.54, 1.807) is 12.1 Å². The number of aromatic nitrogens is 3. The molecule has 1 aromatic carbocycles. The lowest BCUT2D eigenvalue weighted by Gasteiger charge is -2.28. The van der Waals surface area contributed by atoms with Crippen LogP contribution in [0, 0.1) is 5.82 Å². The zero-order chi connectivity index (χ0) is 24.9.